The highest BCUT2D eigenvalue weighted by Crippen LogP contribution is 2.23. The fourth-order valence-corrected chi connectivity index (χ4v) is 4.39. The van der Waals surface area contributed by atoms with E-state index in [4.69, 9.17) is 4.74 Å². The quantitative estimate of drug-likeness (QED) is 0.767. The van der Waals surface area contributed by atoms with Crippen LogP contribution in [0.3, 0.4) is 0 Å². The van der Waals surface area contributed by atoms with Crippen LogP contribution in [0.25, 0.3) is 0 Å². The van der Waals surface area contributed by atoms with Crippen LogP contribution in [0.15, 0.2) is 58.4 Å². The van der Waals surface area contributed by atoms with Crippen LogP contribution in [0.5, 0.6) is 5.75 Å². The Morgan fingerprint density at radius 2 is 1.68 bits per heavy atom. The number of rotatable bonds is 5. The van der Waals surface area contributed by atoms with Crippen molar-refractivity contribution in [2.45, 2.75) is 24.2 Å². The minimum absolute atomic E-state index is 0.325. The third kappa shape index (κ3) is 4.08. The number of ether oxygens (including phenoxy) is 1. The molecule has 1 fully saturated rings. The van der Waals surface area contributed by atoms with Crippen molar-refractivity contribution < 1.29 is 13.2 Å². The molecular formula is C19H22N2O3S. The highest BCUT2D eigenvalue weighted by molar-refractivity contribution is 7.89. The van der Waals surface area contributed by atoms with Crippen molar-refractivity contribution in [3.63, 3.8) is 0 Å². The number of methoxy groups -OCH3 is 1. The molecule has 1 aliphatic rings. The Morgan fingerprint density at radius 1 is 1.00 bits per heavy atom. The first-order valence-electron chi connectivity index (χ1n) is 8.38. The van der Waals surface area contributed by atoms with E-state index < -0.39 is 10.0 Å². The number of sulfonamides is 1. The number of hydrogen-bond donors (Lipinski definition) is 0. The number of benzene rings is 2. The molecule has 0 saturated carbocycles. The Kier molecular flexibility index (Phi) is 5.50. The minimum atomic E-state index is -3.40. The summed E-state index contributed by atoms with van der Waals surface area (Å²) in [5, 5.41) is 0. The van der Waals surface area contributed by atoms with Crippen molar-refractivity contribution in [2.24, 2.45) is 4.99 Å². The Morgan fingerprint density at radius 3 is 2.36 bits per heavy atom. The van der Waals surface area contributed by atoms with E-state index in [1.54, 1.807) is 41.9 Å². The van der Waals surface area contributed by atoms with Gasteiger partial charge in [-0.2, -0.15) is 4.31 Å². The number of aliphatic imine (C=N–C) groups is 1. The van der Waals surface area contributed by atoms with E-state index in [-0.39, 0.29) is 0 Å². The van der Waals surface area contributed by atoms with Crippen LogP contribution in [0.2, 0.25) is 0 Å². The number of para-hydroxylation sites is 1. The lowest BCUT2D eigenvalue weighted by Gasteiger charge is -2.25. The summed E-state index contributed by atoms with van der Waals surface area (Å²) in [6.45, 7) is 1.21. The molecule has 1 saturated heterocycles. The largest absolute Gasteiger partial charge is 0.496 e. The average molecular weight is 358 g/mol. The van der Waals surface area contributed by atoms with E-state index in [9.17, 15) is 8.42 Å². The maximum Gasteiger partial charge on any atom is 0.243 e. The van der Waals surface area contributed by atoms with E-state index >= 15 is 0 Å². The number of nitrogens with zero attached hydrogens (tertiary/aromatic N) is 2. The van der Waals surface area contributed by atoms with E-state index in [0.717, 1.165) is 30.6 Å². The second kappa shape index (κ2) is 7.80. The molecule has 5 nitrogen and oxygen atoms in total. The van der Waals surface area contributed by atoms with Gasteiger partial charge in [0.25, 0.3) is 0 Å². The molecule has 1 aliphatic heterocycles. The van der Waals surface area contributed by atoms with Gasteiger partial charge in [0.05, 0.1) is 17.7 Å². The van der Waals surface area contributed by atoms with Crippen molar-refractivity contribution >= 4 is 21.9 Å². The lowest BCUT2D eigenvalue weighted by Crippen LogP contribution is -2.35. The summed E-state index contributed by atoms with van der Waals surface area (Å²) in [6.07, 6.45) is 4.68. The summed E-state index contributed by atoms with van der Waals surface area (Å²) < 4.78 is 32.1. The molecule has 3 rings (SSSR count). The zero-order valence-electron chi connectivity index (χ0n) is 14.3. The summed E-state index contributed by atoms with van der Waals surface area (Å²) in [6, 6.07) is 14.3. The zero-order valence-corrected chi connectivity index (χ0v) is 15.1. The lowest BCUT2D eigenvalue weighted by atomic mass is 10.2. The van der Waals surface area contributed by atoms with Gasteiger partial charge >= 0.3 is 0 Å². The summed E-state index contributed by atoms with van der Waals surface area (Å²) >= 11 is 0. The molecule has 0 N–H and O–H groups in total. The minimum Gasteiger partial charge on any atom is -0.496 e. The first-order valence-corrected chi connectivity index (χ1v) is 9.82. The highest BCUT2D eigenvalue weighted by Gasteiger charge is 2.25. The summed E-state index contributed by atoms with van der Waals surface area (Å²) in [4.78, 5) is 4.73. The Balaban J connectivity index is 1.77. The van der Waals surface area contributed by atoms with Crippen molar-refractivity contribution in [3.05, 3.63) is 54.1 Å². The van der Waals surface area contributed by atoms with Crippen LogP contribution in [-0.2, 0) is 10.0 Å². The van der Waals surface area contributed by atoms with E-state index in [0.29, 0.717) is 23.7 Å². The zero-order chi connectivity index (χ0) is 17.7. The summed E-state index contributed by atoms with van der Waals surface area (Å²) in [7, 11) is -1.78. The molecule has 132 valence electrons. The molecule has 0 aliphatic carbocycles. The summed E-state index contributed by atoms with van der Waals surface area (Å²) in [5.74, 6) is 0.746. The van der Waals surface area contributed by atoms with Gasteiger partial charge in [0.1, 0.15) is 5.75 Å². The predicted molar refractivity (Wildman–Crippen MR) is 99.3 cm³/mol. The third-order valence-corrected chi connectivity index (χ3v) is 6.19. The topological polar surface area (TPSA) is 59.0 Å². The molecule has 6 heteroatoms. The van der Waals surface area contributed by atoms with E-state index in [1.165, 1.54) is 0 Å². The van der Waals surface area contributed by atoms with Gasteiger partial charge in [-0.3, -0.25) is 4.99 Å². The van der Waals surface area contributed by atoms with Crippen molar-refractivity contribution in [2.75, 3.05) is 20.2 Å². The monoisotopic (exact) mass is 358 g/mol. The molecule has 0 unspecified atom stereocenters. The normalized spacial score (nSPS) is 16.2. The smallest absolute Gasteiger partial charge is 0.243 e. The van der Waals surface area contributed by atoms with Crippen LogP contribution in [-0.4, -0.2) is 39.1 Å². The van der Waals surface area contributed by atoms with E-state index in [2.05, 4.69) is 4.99 Å². The molecule has 2 aromatic rings. The van der Waals surface area contributed by atoms with Gasteiger partial charge in [-0.15, -0.1) is 0 Å². The molecule has 0 spiro atoms. The number of hydrogen-bond acceptors (Lipinski definition) is 4. The SMILES string of the molecule is COc1ccccc1C=Nc1ccc(S(=O)(=O)N2CCCCC2)cc1. The number of piperidine rings is 1. The second-order valence-corrected chi connectivity index (χ2v) is 7.90. The standard InChI is InChI=1S/C19H22N2O3S/c1-24-19-8-4-3-7-16(19)15-20-17-9-11-18(12-10-17)25(22,23)21-13-5-2-6-14-21/h3-4,7-12,15H,2,5-6,13-14H2,1H3. The maximum atomic E-state index is 12.6. The van der Waals surface area contributed by atoms with Crippen molar-refractivity contribution in [1.29, 1.82) is 0 Å². The summed E-state index contributed by atoms with van der Waals surface area (Å²) in [5.41, 5.74) is 1.57. The molecule has 25 heavy (non-hydrogen) atoms. The molecule has 0 atom stereocenters. The fourth-order valence-electron chi connectivity index (χ4n) is 2.88. The van der Waals surface area contributed by atoms with Crippen molar-refractivity contribution in [3.8, 4) is 5.75 Å². The lowest BCUT2D eigenvalue weighted by molar-refractivity contribution is 0.346. The maximum absolute atomic E-state index is 12.6. The fraction of sp³-hybridized carbons (Fsp3) is 0.316. The van der Waals surface area contributed by atoms with Gasteiger partial charge in [0.15, 0.2) is 0 Å². The van der Waals surface area contributed by atoms with E-state index in [1.807, 2.05) is 24.3 Å². The van der Waals surface area contributed by atoms with Gasteiger partial charge in [0, 0.05) is 24.9 Å². The van der Waals surface area contributed by atoms with Crippen LogP contribution in [0.1, 0.15) is 24.8 Å². The Hall–Kier alpha value is -2.18. The molecule has 0 bridgehead atoms. The first kappa shape index (κ1) is 17.6. The average Bonchev–Trinajstić information content (AvgIpc) is 2.67. The molecule has 0 amide bonds. The molecular weight excluding hydrogens is 336 g/mol. The van der Waals surface area contributed by atoms with Gasteiger partial charge in [-0.25, -0.2) is 8.42 Å². The van der Waals surface area contributed by atoms with Crippen LogP contribution >= 0.6 is 0 Å². The molecule has 2 aromatic carbocycles. The Bertz CT molecular complexity index is 839. The van der Waals surface area contributed by atoms with Crippen molar-refractivity contribution in [1.82, 2.24) is 4.31 Å². The highest BCUT2D eigenvalue weighted by atomic mass is 32.2. The molecule has 0 radical (unpaired) electrons. The van der Waals surface area contributed by atoms with Gasteiger partial charge in [0.2, 0.25) is 10.0 Å². The van der Waals surface area contributed by atoms with Crippen LogP contribution in [0, 0.1) is 0 Å². The molecule has 1 heterocycles. The second-order valence-electron chi connectivity index (χ2n) is 5.96. The van der Waals surface area contributed by atoms with Gasteiger partial charge in [-0.05, 0) is 49.2 Å². The van der Waals surface area contributed by atoms with Gasteiger partial charge in [-0.1, -0.05) is 18.6 Å². The van der Waals surface area contributed by atoms with Crippen LogP contribution < -0.4 is 4.74 Å². The Labute approximate surface area is 149 Å². The third-order valence-electron chi connectivity index (χ3n) is 4.28. The first-order chi connectivity index (χ1) is 12.1. The van der Waals surface area contributed by atoms with Crippen LogP contribution in [0.4, 0.5) is 5.69 Å². The predicted octanol–water partition coefficient (Wildman–Crippen LogP) is 3.62. The van der Waals surface area contributed by atoms with Gasteiger partial charge < -0.3 is 4.74 Å². The molecule has 0 aromatic heterocycles.